The number of pyridine rings is 1. The molecule has 0 radical (unpaired) electrons. The summed E-state index contributed by atoms with van der Waals surface area (Å²) in [6.45, 7) is 1.68. The largest absolute Gasteiger partial charge is 0.496 e. The lowest BCUT2D eigenvalue weighted by atomic mass is 10.0. The third-order valence-corrected chi connectivity index (χ3v) is 6.25. The van der Waals surface area contributed by atoms with Crippen molar-refractivity contribution in [1.29, 1.82) is 0 Å². The quantitative estimate of drug-likeness (QED) is 0.414. The molecule has 0 bridgehead atoms. The summed E-state index contributed by atoms with van der Waals surface area (Å²) in [4.78, 5) is 17.2. The van der Waals surface area contributed by atoms with Crippen LogP contribution in [-0.2, 0) is 10.0 Å². The Bertz CT molecular complexity index is 1250. The fourth-order valence-electron chi connectivity index (χ4n) is 2.77. The SMILES string of the molecule is COc1cccc(N)c1C(=O)c1ncc(Cl)cc1NS(=O)(=O)c1ccc(Cl)c(C)c1. The molecule has 0 aliphatic rings. The van der Waals surface area contributed by atoms with Gasteiger partial charge in [-0.3, -0.25) is 9.52 Å². The molecule has 0 saturated heterocycles. The Morgan fingerprint density at radius 1 is 1.17 bits per heavy atom. The lowest BCUT2D eigenvalue weighted by Crippen LogP contribution is -2.18. The van der Waals surface area contributed by atoms with Gasteiger partial charge in [0, 0.05) is 16.9 Å². The molecule has 3 rings (SSSR count). The van der Waals surface area contributed by atoms with E-state index in [1.54, 1.807) is 19.1 Å². The topological polar surface area (TPSA) is 111 Å². The summed E-state index contributed by atoms with van der Waals surface area (Å²) >= 11 is 12.0. The second kappa shape index (κ2) is 8.51. The average molecular weight is 466 g/mol. The van der Waals surface area contributed by atoms with Gasteiger partial charge in [-0.05, 0) is 48.9 Å². The smallest absolute Gasteiger partial charge is 0.261 e. The standard InChI is InChI=1S/C20H17Cl2N3O4S/c1-11-8-13(6-7-14(11)22)30(27,28)25-16-9-12(21)10-24-19(16)20(26)18-15(23)4-3-5-17(18)29-2/h3-10,25H,23H2,1-2H3. The van der Waals surface area contributed by atoms with E-state index in [9.17, 15) is 13.2 Å². The van der Waals surface area contributed by atoms with Crippen molar-refractivity contribution in [3.63, 3.8) is 0 Å². The first-order valence-corrected chi connectivity index (χ1v) is 10.8. The van der Waals surface area contributed by atoms with Crippen LogP contribution in [0.2, 0.25) is 10.0 Å². The molecule has 10 heteroatoms. The third kappa shape index (κ3) is 4.35. The molecule has 1 aromatic heterocycles. The molecular weight excluding hydrogens is 449 g/mol. The molecule has 3 N–H and O–H groups in total. The fraction of sp³-hybridized carbons (Fsp3) is 0.100. The van der Waals surface area contributed by atoms with Crippen LogP contribution in [0.4, 0.5) is 11.4 Å². The number of methoxy groups -OCH3 is 1. The van der Waals surface area contributed by atoms with Gasteiger partial charge < -0.3 is 10.5 Å². The van der Waals surface area contributed by atoms with Crippen LogP contribution < -0.4 is 15.2 Å². The van der Waals surface area contributed by atoms with Gasteiger partial charge in [-0.15, -0.1) is 0 Å². The van der Waals surface area contributed by atoms with Crippen molar-refractivity contribution in [3.05, 3.63) is 75.5 Å². The van der Waals surface area contributed by atoms with E-state index < -0.39 is 15.8 Å². The molecule has 0 spiro atoms. The summed E-state index contributed by atoms with van der Waals surface area (Å²) in [5.41, 5.74) is 6.51. The van der Waals surface area contributed by atoms with Gasteiger partial charge in [-0.25, -0.2) is 13.4 Å². The minimum atomic E-state index is -4.06. The van der Waals surface area contributed by atoms with Crippen molar-refractivity contribution in [2.24, 2.45) is 0 Å². The Hall–Kier alpha value is -2.81. The Balaban J connectivity index is 2.09. The predicted molar refractivity (Wildman–Crippen MR) is 117 cm³/mol. The maximum Gasteiger partial charge on any atom is 0.261 e. The summed E-state index contributed by atoms with van der Waals surface area (Å²) in [6, 6.07) is 10.3. The van der Waals surface area contributed by atoms with Gasteiger partial charge in [0.05, 0.1) is 28.3 Å². The normalized spacial score (nSPS) is 11.2. The fourth-order valence-corrected chi connectivity index (χ4v) is 4.18. The Kier molecular flexibility index (Phi) is 6.21. The van der Waals surface area contributed by atoms with Gasteiger partial charge in [0.1, 0.15) is 11.4 Å². The highest BCUT2D eigenvalue weighted by Gasteiger charge is 2.25. The molecule has 1 heterocycles. The predicted octanol–water partition coefficient (Wildman–Crippen LogP) is 4.32. The first-order valence-electron chi connectivity index (χ1n) is 8.55. The number of hydrogen-bond acceptors (Lipinski definition) is 6. The number of aromatic nitrogens is 1. The Morgan fingerprint density at radius 3 is 2.57 bits per heavy atom. The van der Waals surface area contributed by atoms with E-state index in [0.29, 0.717) is 10.6 Å². The highest BCUT2D eigenvalue weighted by atomic mass is 35.5. The average Bonchev–Trinajstić information content (AvgIpc) is 2.69. The zero-order chi connectivity index (χ0) is 22.1. The molecule has 0 saturated carbocycles. The first kappa shape index (κ1) is 21.9. The number of nitrogens with zero attached hydrogens (tertiary/aromatic N) is 1. The molecule has 0 aliphatic heterocycles. The number of ketones is 1. The number of nitrogen functional groups attached to an aromatic ring is 1. The maximum absolute atomic E-state index is 13.2. The zero-order valence-corrected chi connectivity index (χ0v) is 18.3. The van der Waals surface area contributed by atoms with E-state index in [2.05, 4.69) is 9.71 Å². The number of carbonyl (C=O) groups excluding carboxylic acids is 1. The van der Waals surface area contributed by atoms with Crippen LogP contribution in [0.1, 0.15) is 21.6 Å². The second-order valence-corrected chi connectivity index (χ2v) is 8.85. The van der Waals surface area contributed by atoms with Gasteiger partial charge in [0.15, 0.2) is 0 Å². The van der Waals surface area contributed by atoms with Gasteiger partial charge >= 0.3 is 0 Å². The molecule has 2 aromatic carbocycles. The first-order chi connectivity index (χ1) is 14.1. The van der Waals surface area contributed by atoms with Crippen LogP contribution >= 0.6 is 23.2 Å². The molecule has 7 nitrogen and oxygen atoms in total. The summed E-state index contributed by atoms with van der Waals surface area (Å²) in [5, 5.41) is 0.574. The number of nitrogens with one attached hydrogen (secondary N) is 1. The molecule has 3 aromatic rings. The van der Waals surface area contributed by atoms with Crippen molar-refractivity contribution in [3.8, 4) is 5.75 Å². The molecule has 0 fully saturated rings. The van der Waals surface area contributed by atoms with E-state index in [1.165, 1.54) is 43.6 Å². The molecule has 30 heavy (non-hydrogen) atoms. The number of hydrogen-bond donors (Lipinski definition) is 2. The van der Waals surface area contributed by atoms with Gasteiger partial charge in [0.2, 0.25) is 5.78 Å². The summed E-state index contributed by atoms with van der Waals surface area (Å²) in [5.74, 6) is -0.384. The molecule has 0 unspecified atom stereocenters. The number of rotatable bonds is 6. The number of carbonyl (C=O) groups is 1. The lowest BCUT2D eigenvalue weighted by Gasteiger charge is -2.14. The van der Waals surface area contributed by atoms with Crippen LogP contribution in [-0.4, -0.2) is 26.3 Å². The monoisotopic (exact) mass is 465 g/mol. The number of anilines is 2. The summed E-state index contributed by atoms with van der Waals surface area (Å²) in [7, 11) is -2.66. The number of aryl methyl sites for hydroxylation is 1. The second-order valence-electron chi connectivity index (χ2n) is 6.32. The van der Waals surface area contributed by atoms with Crippen LogP contribution in [0.25, 0.3) is 0 Å². The number of benzene rings is 2. The summed E-state index contributed by atoms with van der Waals surface area (Å²) in [6.07, 6.45) is 1.24. The van der Waals surface area contributed by atoms with E-state index in [1.807, 2.05) is 0 Å². The molecule has 0 atom stereocenters. The van der Waals surface area contributed by atoms with E-state index in [0.717, 1.165) is 0 Å². The number of halogens is 2. The van der Waals surface area contributed by atoms with E-state index in [-0.39, 0.29) is 38.3 Å². The van der Waals surface area contributed by atoms with E-state index >= 15 is 0 Å². The van der Waals surface area contributed by atoms with Gasteiger partial charge in [-0.2, -0.15) is 0 Å². The highest BCUT2D eigenvalue weighted by Crippen LogP contribution is 2.31. The Morgan fingerprint density at radius 2 is 1.90 bits per heavy atom. The lowest BCUT2D eigenvalue weighted by molar-refractivity contribution is 0.103. The van der Waals surface area contributed by atoms with Crippen LogP contribution in [0.5, 0.6) is 5.75 Å². The molecule has 0 aliphatic carbocycles. The van der Waals surface area contributed by atoms with Gasteiger partial charge in [-0.1, -0.05) is 29.3 Å². The molecular formula is C20H17Cl2N3O4S. The third-order valence-electron chi connectivity index (χ3n) is 4.26. The van der Waals surface area contributed by atoms with Crippen LogP contribution in [0.3, 0.4) is 0 Å². The number of nitrogens with two attached hydrogens (primary N) is 1. The molecule has 156 valence electrons. The Labute approximate surface area is 183 Å². The minimum Gasteiger partial charge on any atom is -0.496 e. The highest BCUT2D eigenvalue weighted by molar-refractivity contribution is 7.92. The van der Waals surface area contributed by atoms with Crippen molar-refractivity contribution in [2.75, 3.05) is 17.6 Å². The van der Waals surface area contributed by atoms with Crippen molar-refractivity contribution < 1.29 is 17.9 Å². The van der Waals surface area contributed by atoms with Crippen molar-refractivity contribution in [1.82, 2.24) is 4.98 Å². The van der Waals surface area contributed by atoms with Crippen LogP contribution in [0.15, 0.2) is 53.6 Å². The maximum atomic E-state index is 13.2. The zero-order valence-electron chi connectivity index (χ0n) is 15.9. The summed E-state index contributed by atoms with van der Waals surface area (Å²) < 4.78 is 33.4. The van der Waals surface area contributed by atoms with E-state index in [4.69, 9.17) is 33.7 Å². The van der Waals surface area contributed by atoms with Crippen molar-refractivity contribution >= 4 is 50.4 Å². The minimum absolute atomic E-state index is 0.0282. The number of sulfonamides is 1. The van der Waals surface area contributed by atoms with Crippen LogP contribution in [0, 0.1) is 6.92 Å². The van der Waals surface area contributed by atoms with Crippen molar-refractivity contribution in [2.45, 2.75) is 11.8 Å². The number of ether oxygens (including phenoxy) is 1. The molecule has 0 amide bonds. The van der Waals surface area contributed by atoms with Gasteiger partial charge in [0.25, 0.3) is 10.0 Å².